The maximum atomic E-state index is 13.0. The van der Waals surface area contributed by atoms with Gasteiger partial charge < -0.3 is 0 Å². The molecule has 0 unspecified atom stereocenters. The zero-order valence-corrected chi connectivity index (χ0v) is 16.4. The molecule has 0 radical (unpaired) electrons. The van der Waals surface area contributed by atoms with Gasteiger partial charge in [-0.05, 0) is 49.2 Å². The van der Waals surface area contributed by atoms with Gasteiger partial charge in [0.25, 0.3) is 0 Å². The van der Waals surface area contributed by atoms with Crippen molar-refractivity contribution in [3.05, 3.63) is 71.8 Å². The smallest absolute Gasteiger partial charge is 0.207 e. The van der Waals surface area contributed by atoms with Gasteiger partial charge in [0.1, 0.15) is 0 Å². The molecule has 7 heteroatoms. The van der Waals surface area contributed by atoms with Crippen molar-refractivity contribution in [3.8, 4) is 11.8 Å². The molecular formula is C21H20F3NO2S. The van der Waals surface area contributed by atoms with Crippen LogP contribution in [0.3, 0.4) is 0 Å². The maximum Gasteiger partial charge on any atom is 0.416 e. The Morgan fingerprint density at radius 1 is 1.07 bits per heavy atom. The first-order valence-electron chi connectivity index (χ1n) is 8.37. The first kappa shape index (κ1) is 21.7. The lowest BCUT2D eigenvalue weighted by molar-refractivity contribution is -0.137. The van der Waals surface area contributed by atoms with Crippen LogP contribution in [0.4, 0.5) is 13.2 Å². The molecule has 0 aliphatic carbocycles. The Morgan fingerprint density at radius 3 is 2.14 bits per heavy atom. The number of benzene rings is 2. The van der Waals surface area contributed by atoms with Crippen molar-refractivity contribution in [2.24, 2.45) is 0 Å². The van der Waals surface area contributed by atoms with E-state index in [-0.39, 0.29) is 18.0 Å². The van der Waals surface area contributed by atoms with Gasteiger partial charge >= 0.3 is 6.18 Å². The molecule has 0 aliphatic heterocycles. The third-order valence-electron chi connectivity index (χ3n) is 4.08. The highest BCUT2D eigenvalue weighted by atomic mass is 32.2. The Balaban J connectivity index is 2.29. The minimum atomic E-state index is -4.43. The van der Waals surface area contributed by atoms with E-state index in [1.807, 2.05) is 6.92 Å². The number of rotatable bonds is 6. The number of halogens is 3. The van der Waals surface area contributed by atoms with Gasteiger partial charge in [-0.15, -0.1) is 5.92 Å². The van der Waals surface area contributed by atoms with Crippen molar-refractivity contribution < 1.29 is 21.6 Å². The van der Waals surface area contributed by atoms with Crippen LogP contribution in [0.1, 0.15) is 23.6 Å². The molecule has 0 saturated carbocycles. The molecule has 0 bridgehead atoms. The number of aryl methyl sites for hydroxylation is 1. The predicted octanol–water partition coefficient (Wildman–Crippen LogP) is 4.74. The van der Waals surface area contributed by atoms with Crippen LogP contribution in [0.25, 0.3) is 5.57 Å². The summed E-state index contributed by atoms with van der Waals surface area (Å²) in [5.41, 5.74) is 0.960. The third-order valence-corrected chi connectivity index (χ3v) is 5.88. The van der Waals surface area contributed by atoms with E-state index >= 15 is 0 Å². The van der Waals surface area contributed by atoms with Crippen LogP contribution in [-0.4, -0.2) is 25.8 Å². The topological polar surface area (TPSA) is 37.4 Å². The summed E-state index contributed by atoms with van der Waals surface area (Å²) in [6.45, 7) is 7.16. The second-order valence-electron chi connectivity index (χ2n) is 6.19. The van der Waals surface area contributed by atoms with Crippen LogP contribution in [0, 0.1) is 18.8 Å². The molecule has 2 rings (SSSR count). The average Bonchev–Trinajstić information content (AvgIpc) is 2.64. The van der Waals surface area contributed by atoms with E-state index in [0.29, 0.717) is 11.1 Å². The predicted molar refractivity (Wildman–Crippen MR) is 104 cm³/mol. The summed E-state index contributed by atoms with van der Waals surface area (Å²) in [5, 5.41) is 0. The van der Waals surface area contributed by atoms with Gasteiger partial charge in [0.2, 0.25) is 10.0 Å². The highest BCUT2D eigenvalue weighted by Crippen LogP contribution is 2.30. The largest absolute Gasteiger partial charge is 0.416 e. The van der Waals surface area contributed by atoms with Gasteiger partial charge in [-0.2, -0.15) is 17.5 Å². The lowest BCUT2D eigenvalue weighted by Crippen LogP contribution is -2.33. The number of hydrogen-bond acceptors (Lipinski definition) is 2. The molecule has 0 aromatic heterocycles. The normalized spacial score (nSPS) is 11.8. The summed E-state index contributed by atoms with van der Waals surface area (Å²) < 4.78 is 65.3. The third kappa shape index (κ3) is 5.24. The zero-order valence-electron chi connectivity index (χ0n) is 15.5. The average molecular weight is 407 g/mol. The molecule has 2 aromatic carbocycles. The lowest BCUT2D eigenvalue weighted by atomic mass is 10.1. The molecular weight excluding hydrogens is 387 g/mol. The summed E-state index contributed by atoms with van der Waals surface area (Å²) >= 11 is 0. The number of sulfonamides is 1. The fraction of sp³-hybridized carbons (Fsp3) is 0.238. The lowest BCUT2D eigenvalue weighted by Gasteiger charge is -2.21. The van der Waals surface area contributed by atoms with Crippen molar-refractivity contribution in [2.45, 2.75) is 24.9 Å². The van der Waals surface area contributed by atoms with Crippen LogP contribution in [0.2, 0.25) is 0 Å². The molecule has 2 aromatic rings. The second-order valence-corrected chi connectivity index (χ2v) is 8.13. The van der Waals surface area contributed by atoms with E-state index in [1.54, 1.807) is 19.1 Å². The van der Waals surface area contributed by atoms with Crippen molar-refractivity contribution in [3.63, 3.8) is 0 Å². The Labute approximate surface area is 163 Å². The molecule has 0 N–H and O–H groups in total. The minimum absolute atomic E-state index is 0.0492. The van der Waals surface area contributed by atoms with Gasteiger partial charge in [0, 0.05) is 6.54 Å². The SMILES string of the molecule is C=C(CN(CC#CC)S(=O)(=O)c1ccc(C)cc1)c1ccc(C(F)(F)F)cc1. The molecule has 0 spiro atoms. The standard InChI is InChI=1S/C21H20F3NO2S/c1-4-5-14-25(28(26,27)20-12-6-16(2)7-13-20)15-17(3)18-8-10-19(11-9-18)21(22,23)24/h6-13H,3,14-15H2,1-2H3. The van der Waals surface area contributed by atoms with E-state index in [1.165, 1.54) is 24.3 Å². The summed E-state index contributed by atoms with van der Waals surface area (Å²) in [6, 6.07) is 10.9. The van der Waals surface area contributed by atoms with Crippen molar-refractivity contribution in [1.29, 1.82) is 0 Å². The van der Waals surface area contributed by atoms with E-state index in [4.69, 9.17) is 0 Å². The van der Waals surface area contributed by atoms with Crippen LogP contribution >= 0.6 is 0 Å². The molecule has 28 heavy (non-hydrogen) atoms. The first-order chi connectivity index (χ1) is 13.1. The maximum absolute atomic E-state index is 13.0. The number of hydrogen-bond donors (Lipinski definition) is 0. The summed E-state index contributed by atoms with van der Waals surface area (Å²) in [5.74, 6) is 5.39. The van der Waals surface area contributed by atoms with E-state index in [9.17, 15) is 21.6 Å². The van der Waals surface area contributed by atoms with E-state index < -0.39 is 21.8 Å². The number of alkyl halides is 3. The molecule has 148 valence electrons. The van der Waals surface area contributed by atoms with Gasteiger partial charge in [-0.25, -0.2) is 8.42 Å². The van der Waals surface area contributed by atoms with Crippen LogP contribution in [0.5, 0.6) is 0 Å². The Hall–Kier alpha value is -2.56. The van der Waals surface area contributed by atoms with Gasteiger partial charge in [0.15, 0.2) is 0 Å². The van der Waals surface area contributed by atoms with Crippen molar-refractivity contribution in [1.82, 2.24) is 4.31 Å². The molecule has 0 fully saturated rings. The molecule has 0 amide bonds. The van der Waals surface area contributed by atoms with Gasteiger partial charge in [-0.3, -0.25) is 0 Å². The van der Waals surface area contributed by atoms with Crippen molar-refractivity contribution in [2.75, 3.05) is 13.1 Å². The van der Waals surface area contributed by atoms with E-state index in [2.05, 4.69) is 18.4 Å². The fourth-order valence-corrected chi connectivity index (χ4v) is 3.79. The summed E-state index contributed by atoms with van der Waals surface area (Å²) in [6.07, 6.45) is -4.43. The molecule has 0 heterocycles. The minimum Gasteiger partial charge on any atom is -0.207 e. The quantitative estimate of drug-likeness (QED) is 0.649. The van der Waals surface area contributed by atoms with Crippen LogP contribution in [-0.2, 0) is 16.2 Å². The van der Waals surface area contributed by atoms with Crippen LogP contribution < -0.4 is 0 Å². The Kier molecular flexibility index (Phi) is 6.70. The number of nitrogens with zero attached hydrogens (tertiary/aromatic N) is 1. The van der Waals surface area contributed by atoms with E-state index in [0.717, 1.165) is 22.0 Å². The van der Waals surface area contributed by atoms with Crippen molar-refractivity contribution >= 4 is 15.6 Å². The zero-order chi connectivity index (χ0) is 20.9. The second kappa shape index (κ2) is 8.63. The Morgan fingerprint density at radius 2 is 1.64 bits per heavy atom. The first-order valence-corrected chi connectivity index (χ1v) is 9.81. The molecule has 0 aliphatic rings. The summed E-state index contributed by atoms with van der Waals surface area (Å²) in [7, 11) is -3.83. The summed E-state index contributed by atoms with van der Waals surface area (Å²) in [4.78, 5) is 0.122. The van der Waals surface area contributed by atoms with Gasteiger partial charge in [-0.1, -0.05) is 42.3 Å². The highest BCUT2D eigenvalue weighted by Gasteiger charge is 2.30. The molecule has 3 nitrogen and oxygen atoms in total. The fourth-order valence-electron chi connectivity index (χ4n) is 2.45. The van der Waals surface area contributed by atoms with Gasteiger partial charge in [0.05, 0.1) is 17.0 Å². The van der Waals surface area contributed by atoms with Crippen LogP contribution in [0.15, 0.2) is 60.0 Å². The molecule has 0 atom stereocenters. The highest BCUT2D eigenvalue weighted by molar-refractivity contribution is 7.89. The molecule has 0 saturated heterocycles. The monoisotopic (exact) mass is 407 g/mol. The Bertz CT molecular complexity index is 997.